The maximum absolute atomic E-state index is 8.91. The van der Waals surface area contributed by atoms with Crippen molar-refractivity contribution in [1.29, 1.82) is 0 Å². The summed E-state index contributed by atoms with van der Waals surface area (Å²) in [6, 6.07) is 0. The maximum Gasteiger partial charge on any atom is 0.102 e. The van der Waals surface area contributed by atoms with Crippen LogP contribution in [0.2, 0.25) is 0 Å². The first-order valence-corrected chi connectivity index (χ1v) is 4.90. The van der Waals surface area contributed by atoms with E-state index >= 15 is 0 Å². The van der Waals surface area contributed by atoms with Gasteiger partial charge in [0.15, 0.2) is 0 Å². The molecule has 1 aliphatic heterocycles. The third-order valence-electron chi connectivity index (χ3n) is 2.91. The Morgan fingerprint density at radius 1 is 0.846 bits per heavy atom. The lowest BCUT2D eigenvalue weighted by atomic mass is 10.1. The number of quaternary nitrogens is 1. The maximum atomic E-state index is 8.91. The van der Waals surface area contributed by atoms with Gasteiger partial charge < -0.3 is 27.1 Å². The van der Waals surface area contributed by atoms with Crippen LogP contribution in [0.4, 0.5) is 0 Å². The summed E-state index contributed by atoms with van der Waals surface area (Å²) in [6.45, 7) is 4.42. The summed E-state index contributed by atoms with van der Waals surface area (Å²) in [5, 5.41) is 17.8. The molecule has 0 aromatic rings. The Labute approximate surface area is 86.4 Å². The summed E-state index contributed by atoms with van der Waals surface area (Å²) < 4.78 is 0.938. The smallest absolute Gasteiger partial charge is 0.102 e. The molecule has 0 amide bonds. The quantitative estimate of drug-likeness (QED) is 0.484. The zero-order chi connectivity index (χ0) is 8.86. The van der Waals surface area contributed by atoms with Gasteiger partial charge in [0.05, 0.1) is 26.3 Å². The fourth-order valence-corrected chi connectivity index (χ4v) is 2.17. The molecular weight excluding hydrogens is 190 g/mol. The molecule has 4 heteroatoms. The Morgan fingerprint density at radius 2 is 1.31 bits per heavy atom. The standard InChI is InChI=1S/C9H20NO2.ClH/c11-8-6-10(7-9-12)4-2-1-3-5-10;/h11-12H,1-9H2;1H/q+1;/p-1. The molecule has 0 bridgehead atoms. The van der Waals surface area contributed by atoms with Crippen LogP contribution in [-0.4, -0.2) is 54.1 Å². The Morgan fingerprint density at radius 3 is 1.69 bits per heavy atom. The van der Waals surface area contributed by atoms with Gasteiger partial charge in [-0.3, -0.25) is 0 Å². The summed E-state index contributed by atoms with van der Waals surface area (Å²) in [7, 11) is 0. The van der Waals surface area contributed by atoms with E-state index < -0.39 is 0 Å². The normalized spacial score (nSPS) is 20.8. The Bertz CT molecular complexity index is 111. The van der Waals surface area contributed by atoms with E-state index in [1.165, 1.54) is 19.3 Å². The molecule has 1 fully saturated rings. The third-order valence-corrected chi connectivity index (χ3v) is 2.91. The summed E-state index contributed by atoms with van der Waals surface area (Å²) in [5.41, 5.74) is 0. The number of halogens is 1. The second-order valence-corrected chi connectivity index (χ2v) is 3.74. The van der Waals surface area contributed by atoms with E-state index in [4.69, 9.17) is 10.2 Å². The lowest BCUT2D eigenvalue weighted by molar-refractivity contribution is -0.932. The number of likely N-dealkylation sites (tertiary alicyclic amines) is 1. The molecule has 80 valence electrons. The Hall–Kier alpha value is 0.170. The second kappa shape index (κ2) is 6.60. The Kier molecular flexibility index (Phi) is 6.68. The van der Waals surface area contributed by atoms with Gasteiger partial charge in [0.25, 0.3) is 0 Å². The van der Waals surface area contributed by atoms with Crippen LogP contribution in [0.25, 0.3) is 0 Å². The molecule has 0 unspecified atom stereocenters. The highest BCUT2D eigenvalue weighted by atomic mass is 35.5. The predicted octanol–water partition coefficient (Wildman–Crippen LogP) is -3.02. The first-order chi connectivity index (χ1) is 5.83. The minimum Gasteiger partial charge on any atom is -1.00 e. The van der Waals surface area contributed by atoms with Crippen molar-refractivity contribution >= 4 is 0 Å². The van der Waals surface area contributed by atoms with E-state index in [1.807, 2.05) is 0 Å². The molecule has 2 N–H and O–H groups in total. The van der Waals surface area contributed by atoms with E-state index in [1.54, 1.807) is 0 Å². The van der Waals surface area contributed by atoms with Crippen molar-refractivity contribution in [3.63, 3.8) is 0 Å². The van der Waals surface area contributed by atoms with Crippen LogP contribution in [0.15, 0.2) is 0 Å². The Balaban J connectivity index is 0.00000144. The number of nitrogens with zero attached hydrogens (tertiary/aromatic N) is 1. The molecule has 0 aromatic heterocycles. The van der Waals surface area contributed by atoms with Gasteiger partial charge in [-0.15, -0.1) is 0 Å². The summed E-state index contributed by atoms with van der Waals surface area (Å²) in [4.78, 5) is 0. The van der Waals surface area contributed by atoms with Gasteiger partial charge >= 0.3 is 0 Å². The lowest BCUT2D eigenvalue weighted by Gasteiger charge is -2.40. The van der Waals surface area contributed by atoms with Crippen LogP contribution in [0, 0.1) is 0 Å². The van der Waals surface area contributed by atoms with E-state index in [0.717, 1.165) is 30.7 Å². The van der Waals surface area contributed by atoms with Gasteiger partial charge in [-0.05, 0) is 19.3 Å². The number of rotatable bonds is 4. The van der Waals surface area contributed by atoms with Crippen LogP contribution in [-0.2, 0) is 0 Å². The molecule has 1 heterocycles. The number of aliphatic hydroxyl groups excluding tert-OH is 2. The average molecular weight is 210 g/mol. The highest BCUT2D eigenvalue weighted by molar-refractivity contribution is 4.53. The summed E-state index contributed by atoms with van der Waals surface area (Å²) in [5.74, 6) is 0. The van der Waals surface area contributed by atoms with Gasteiger partial charge in [0, 0.05) is 0 Å². The molecule has 1 saturated heterocycles. The van der Waals surface area contributed by atoms with Crippen LogP contribution in [0.5, 0.6) is 0 Å². The van der Waals surface area contributed by atoms with E-state index in [0.29, 0.717) is 0 Å². The highest BCUT2D eigenvalue weighted by Crippen LogP contribution is 2.17. The fraction of sp³-hybridized carbons (Fsp3) is 1.00. The average Bonchev–Trinajstić information content (AvgIpc) is 2.07. The molecule has 0 aliphatic carbocycles. The number of hydrogen-bond donors (Lipinski definition) is 2. The molecule has 0 atom stereocenters. The van der Waals surface area contributed by atoms with E-state index in [9.17, 15) is 0 Å². The van der Waals surface area contributed by atoms with Crippen molar-refractivity contribution in [3.05, 3.63) is 0 Å². The van der Waals surface area contributed by atoms with Gasteiger partial charge in [0.2, 0.25) is 0 Å². The van der Waals surface area contributed by atoms with Gasteiger partial charge in [-0.1, -0.05) is 0 Å². The van der Waals surface area contributed by atoms with Gasteiger partial charge in [-0.25, -0.2) is 0 Å². The minimum atomic E-state index is 0. The number of piperidine rings is 1. The zero-order valence-corrected chi connectivity index (χ0v) is 8.84. The first-order valence-electron chi connectivity index (χ1n) is 4.90. The first kappa shape index (κ1) is 13.2. The lowest BCUT2D eigenvalue weighted by Crippen LogP contribution is -3.00. The number of aliphatic hydroxyl groups is 2. The van der Waals surface area contributed by atoms with Crippen molar-refractivity contribution in [2.75, 3.05) is 39.4 Å². The fourth-order valence-electron chi connectivity index (χ4n) is 2.17. The number of hydrogen-bond acceptors (Lipinski definition) is 2. The molecule has 0 radical (unpaired) electrons. The monoisotopic (exact) mass is 209 g/mol. The van der Waals surface area contributed by atoms with E-state index in [-0.39, 0.29) is 25.6 Å². The van der Waals surface area contributed by atoms with Crippen molar-refractivity contribution in [2.45, 2.75) is 19.3 Å². The summed E-state index contributed by atoms with van der Waals surface area (Å²) in [6.07, 6.45) is 3.82. The van der Waals surface area contributed by atoms with Gasteiger partial charge in [-0.2, -0.15) is 0 Å². The highest BCUT2D eigenvalue weighted by Gasteiger charge is 2.28. The second-order valence-electron chi connectivity index (χ2n) is 3.74. The SMILES string of the molecule is OCC[N+]1(CCO)CCCCC1.[Cl-]. The largest absolute Gasteiger partial charge is 1.00 e. The predicted molar refractivity (Wildman–Crippen MR) is 47.8 cm³/mol. The van der Waals surface area contributed by atoms with Crippen molar-refractivity contribution in [1.82, 2.24) is 0 Å². The molecule has 13 heavy (non-hydrogen) atoms. The van der Waals surface area contributed by atoms with Crippen LogP contribution >= 0.6 is 0 Å². The van der Waals surface area contributed by atoms with Gasteiger partial charge in [0.1, 0.15) is 13.1 Å². The molecule has 0 aromatic carbocycles. The zero-order valence-electron chi connectivity index (χ0n) is 8.08. The van der Waals surface area contributed by atoms with E-state index in [2.05, 4.69) is 0 Å². The third kappa shape index (κ3) is 3.81. The van der Waals surface area contributed by atoms with Crippen molar-refractivity contribution in [2.24, 2.45) is 0 Å². The molecule has 0 saturated carbocycles. The minimum absolute atomic E-state index is 0. The summed E-state index contributed by atoms with van der Waals surface area (Å²) >= 11 is 0. The topological polar surface area (TPSA) is 40.5 Å². The molecular formula is C9H20ClNO2. The molecule has 1 rings (SSSR count). The van der Waals surface area contributed by atoms with Crippen LogP contribution in [0.1, 0.15) is 19.3 Å². The van der Waals surface area contributed by atoms with Crippen LogP contribution < -0.4 is 12.4 Å². The molecule has 1 aliphatic rings. The van der Waals surface area contributed by atoms with Crippen molar-refractivity contribution in [3.8, 4) is 0 Å². The van der Waals surface area contributed by atoms with Crippen molar-refractivity contribution < 1.29 is 27.1 Å². The van der Waals surface area contributed by atoms with Crippen LogP contribution in [0.3, 0.4) is 0 Å². The molecule has 0 spiro atoms. The molecule has 3 nitrogen and oxygen atoms in total.